The molecule has 20 heavy (non-hydrogen) atoms. The van der Waals surface area contributed by atoms with E-state index in [1.165, 1.54) is 11.8 Å². The van der Waals surface area contributed by atoms with E-state index < -0.39 is 0 Å². The second-order valence-corrected chi connectivity index (χ2v) is 4.91. The van der Waals surface area contributed by atoms with E-state index in [9.17, 15) is 4.79 Å². The predicted octanol–water partition coefficient (Wildman–Crippen LogP) is 1.97. The Morgan fingerprint density at radius 2 is 1.95 bits per heavy atom. The van der Waals surface area contributed by atoms with Gasteiger partial charge in [-0.05, 0) is 38.3 Å². The average molecular weight is 289 g/mol. The molecule has 0 aliphatic heterocycles. The lowest BCUT2D eigenvalue weighted by atomic mass is 10.3. The van der Waals surface area contributed by atoms with Crippen LogP contribution >= 0.6 is 11.8 Å². The van der Waals surface area contributed by atoms with Crippen LogP contribution in [0, 0.1) is 13.8 Å². The van der Waals surface area contributed by atoms with E-state index in [1.54, 1.807) is 18.3 Å². The Labute approximate surface area is 121 Å². The van der Waals surface area contributed by atoms with Crippen LogP contribution in [0.4, 0.5) is 5.95 Å². The highest BCUT2D eigenvalue weighted by Crippen LogP contribution is 2.16. The van der Waals surface area contributed by atoms with Gasteiger partial charge in [0.2, 0.25) is 5.95 Å². The van der Waals surface area contributed by atoms with Crippen LogP contribution in [-0.4, -0.2) is 27.1 Å². The van der Waals surface area contributed by atoms with Crippen molar-refractivity contribution >= 4 is 23.6 Å². The number of hydrogen-bond donors (Lipinski definition) is 2. The monoisotopic (exact) mass is 289 g/mol. The molecule has 2 N–H and O–H groups in total. The van der Waals surface area contributed by atoms with Crippen LogP contribution in [0.2, 0.25) is 0 Å². The van der Waals surface area contributed by atoms with Crippen LogP contribution < -0.4 is 10.9 Å². The zero-order chi connectivity index (χ0) is 14.5. The van der Waals surface area contributed by atoms with E-state index in [0.717, 1.165) is 11.4 Å². The molecule has 6 nitrogen and oxygen atoms in total. The minimum atomic E-state index is -0.273. The van der Waals surface area contributed by atoms with Crippen LogP contribution in [0.5, 0.6) is 0 Å². The summed E-state index contributed by atoms with van der Waals surface area (Å²) in [6.07, 6.45) is 3.53. The molecule has 2 aromatic rings. The van der Waals surface area contributed by atoms with Crippen molar-refractivity contribution in [3.8, 4) is 0 Å². The standard InChI is InChI=1S/C13H15N5OS/c1-8-7-9(2)16-13(15-8)18-17-11(19)10-5-4-6-14-12(10)20-3/h4-7H,1-3H3,(H,17,19)(H,15,16,18). The van der Waals surface area contributed by atoms with Gasteiger partial charge in [0.05, 0.1) is 5.56 Å². The first-order chi connectivity index (χ1) is 9.60. The first-order valence-electron chi connectivity index (χ1n) is 5.98. The van der Waals surface area contributed by atoms with Gasteiger partial charge in [0.1, 0.15) is 5.03 Å². The van der Waals surface area contributed by atoms with E-state index in [4.69, 9.17) is 0 Å². The molecule has 0 aromatic carbocycles. The van der Waals surface area contributed by atoms with Crippen molar-refractivity contribution in [2.24, 2.45) is 0 Å². The first kappa shape index (κ1) is 14.3. The fraction of sp³-hybridized carbons (Fsp3) is 0.231. The lowest BCUT2D eigenvalue weighted by Gasteiger charge is -2.09. The van der Waals surface area contributed by atoms with E-state index in [2.05, 4.69) is 25.8 Å². The number of aromatic nitrogens is 3. The van der Waals surface area contributed by atoms with Crippen LogP contribution in [-0.2, 0) is 0 Å². The molecule has 0 unspecified atom stereocenters. The Bertz CT molecular complexity index is 612. The molecule has 0 saturated heterocycles. The Hall–Kier alpha value is -2.15. The van der Waals surface area contributed by atoms with Crippen LogP contribution in [0.1, 0.15) is 21.7 Å². The van der Waals surface area contributed by atoms with Crippen molar-refractivity contribution in [1.29, 1.82) is 0 Å². The number of pyridine rings is 1. The molecule has 0 radical (unpaired) electrons. The quantitative estimate of drug-likeness (QED) is 0.661. The van der Waals surface area contributed by atoms with Crippen molar-refractivity contribution in [1.82, 2.24) is 20.4 Å². The fourth-order valence-electron chi connectivity index (χ4n) is 1.69. The summed E-state index contributed by atoms with van der Waals surface area (Å²) in [5, 5.41) is 0.674. The molecule has 0 aliphatic carbocycles. The van der Waals surface area contributed by atoms with Gasteiger partial charge in [-0.15, -0.1) is 11.8 Å². The summed E-state index contributed by atoms with van der Waals surface area (Å²) in [4.78, 5) is 24.6. The number of nitrogens with zero attached hydrogens (tertiary/aromatic N) is 3. The van der Waals surface area contributed by atoms with Gasteiger partial charge in [-0.1, -0.05) is 0 Å². The highest BCUT2D eigenvalue weighted by atomic mass is 32.2. The SMILES string of the molecule is CSc1ncccc1C(=O)NNc1nc(C)cc(C)n1. The number of amides is 1. The van der Waals surface area contributed by atoms with Crippen molar-refractivity contribution in [3.63, 3.8) is 0 Å². The topological polar surface area (TPSA) is 79.8 Å². The Kier molecular flexibility index (Phi) is 4.52. The van der Waals surface area contributed by atoms with Gasteiger partial charge >= 0.3 is 0 Å². The summed E-state index contributed by atoms with van der Waals surface area (Å²) >= 11 is 1.42. The van der Waals surface area contributed by atoms with Crippen molar-refractivity contribution < 1.29 is 4.79 Å². The summed E-state index contributed by atoms with van der Waals surface area (Å²) < 4.78 is 0. The summed E-state index contributed by atoms with van der Waals surface area (Å²) in [7, 11) is 0. The maximum Gasteiger partial charge on any atom is 0.272 e. The molecule has 2 heterocycles. The molecule has 104 valence electrons. The normalized spacial score (nSPS) is 10.2. The summed E-state index contributed by atoms with van der Waals surface area (Å²) in [5.41, 5.74) is 7.47. The molecular formula is C13H15N5OS. The highest BCUT2D eigenvalue weighted by Gasteiger charge is 2.11. The Morgan fingerprint density at radius 3 is 2.60 bits per heavy atom. The lowest BCUT2D eigenvalue weighted by molar-refractivity contribution is 0.0958. The maximum absolute atomic E-state index is 12.1. The number of carbonyl (C=O) groups excluding carboxylic acids is 1. The minimum absolute atomic E-state index is 0.273. The number of nitrogens with one attached hydrogen (secondary N) is 2. The van der Waals surface area contributed by atoms with Crippen molar-refractivity contribution in [2.75, 3.05) is 11.7 Å². The van der Waals surface area contributed by atoms with E-state index in [0.29, 0.717) is 16.5 Å². The molecular weight excluding hydrogens is 274 g/mol. The third-order valence-electron chi connectivity index (χ3n) is 2.48. The first-order valence-corrected chi connectivity index (χ1v) is 7.20. The maximum atomic E-state index is 12.1. The molecule has 0 spiro atoms. The summed E-state index contributed by atoms with van der Waals surface area (Å²) in [5.74, 6) is 0.0932. The Morgan fingerprint density at radius 1 is 1.25 bits per heavy atom. The molecule has 2 rings (SSSR count). The van der Waals surface area contributed by atoms with Gasteiger partial charge in [0.25, 0.3) is 5.91 Å². The third kappa shape index (κ3) is 3.45. The minimum Gasteiger partial charge on any atom is -0.267 e. The number of anilines is 1. The summed E-state index contributed by atoms with van der Waals surface area (Å²) in [6.45, 7) is 3.74. The molecule has 2 aromatic heterocycles. The van der Waals surface area contributed by atoms with Gasteiger partial charge in [-0.2, -0.15) is 0 Å². The van der Waals surface area contributed by atoms with Crippen LogP contribution in [0.3, 0.4) is 0 Å². The number of carbonyl (C=O) groups is 1. The molecule has 0 aliphatic rings. The third-order valence-corrected chi connectivity index (χ3v) is 3.19. The fourth-order valence-corrected chi connectivity index (χ4v) is 2.24. The number of hydrogen-bond acceptors (Lipinski definition) is 6. The van der Waals surface area contributed by atoms with Crippen LogP contribution in [0.15, 0.2) is 29.4 Å². The summed E-state index contributed by atoms with van der Waals surface area (Å²) in [6, 6.07) is 5.31. The second-order valence-electron chi connectivity index (χ2n) is 4.11. The number of hydrazine groups is 1. The van der Waals surface area contributed by atoms with Gasteiger partial charge in [0.15, 0.2) is 0 Å². The van der Waals surface area contributed by atoms with Crippen LogP contribution in [0.25, 0.3) is 0 Å². The zero-order valence-corrected chi connectivity index (χ0v) is 12.3. The smallest absolute Gasteiger partial charge is 0.267 e. The van der Waals surface area contributed by atoms with Gasteiger partial charge in [-0.3, -0.25) is 15.6 Å². The molecule has 1 amide bonds. The second kappa shape index (κ2) is 6.33. The largest absolute Gasteiger partial charge is 0.272 e. The van der Waals surface area contributed by atoms with E-state index in [-0.39, 0.29) is 5.91 Å². The zero-order valence-electron chi connectivity index (χ0n) is 11.5. The predicted molar refractivity (Wildman–Crippen MR) is 78.6 cm³/mol. The lowest BCUT2D eigenvalue weighted by Crippen LogP contribution is -2.31. The van der Waals surface area contributed by atoms with Crippen molar-refractivity contribution in [3.05, 3.63) is 41.3 Å². The molecule has 0 atom stereocenters. The Balaban J connectivity index is 2.08. The van der Waals surface area contributed by atoms with Gasteiger partial charge in [-0.25, -0.2) is 15.0 Å². The number of thioether (sulfide) groups is 1. The van der Waals surface area contributed by atoms with E-state index >= 15 is 0 Å². The molecule has 7 heteroatoms. The van der Waals surface area contributed by atoms with Gasteiger partial charge in [0, 0.05) is 17.6 Å². The number of aryl methyl sites for hydroxylation is 2. The van der Waals surface area contributed by atoms with Gasteiger partial charge < -0.3 is 0 Å². The van der Waals surface area contributed by atoms with E-state index in [1.807, 2.05) is 26.2 Å². The van der Waals surface area contributed by atoms with Crippen molar-refractivity contribution in [2.45, 2.75) is 18.9 Å². The average Bonchev–Trinajstić information content (AvgIpc) is 2.43. The highest BCUT2D eigenvalue weighted by molar-refractivity contribution is 7.98. The number of rotatable bonds is 4. The molecule has 0 fully saturated rings. The molecule has 0 bridgehead atoms. The molecule has 0 saturated carbocycles.